The summed E-state index contributed by atoms with van der Waals surface area (Å²) in [6.45, 7) is 4.45. The van der Waals surface area contributed by atoms with Gasteiger partial charge in [-0.1, -0.05) is 48.5 Å². The Hall–Kier alpha value is -3.88. The maximum atomic E-state index is 17.0. The Bertz CT molecular complexity index is 1820. The topological polar surface area (TPSA) is 66.4 Å². The van der Waals surface area contributed by atoms with Crippen LogP contribution in [-0.2, 0) is 0 Å². The number of pyridine rings is 1. The van der Waals surface area contributed by atoms with Crippen molar-refractivity contribution in [2.75, 3.05) is 37.7 Å². The number of aromatic nitrogens is 3. The molecule has 0 radical (unpaired) electrons. The Balaban J connectivity index is 1.21. The number of benzene rings is 3. The molecule has 0 amide bonds. The number of piperazine rings is 1. The zero-order chi connectivity index (χ0) is 28.5. The van der Waals surface area contributed by atoms with Crippen molar-refractivity contribution in [2.24, 2.45) is 0 Å². The smallest absolute Gasteiger partial charge is 0.319 e. The summed E-state index contributed by atoms with van der Waals surface area (Å²) in [4.78, 5) is 19.4. The van der Waals surface area contributed by atoms with E-state index in [9.17, 15) is 0 Å². The quantitative estimate of drug-likeness (QED) is 0.255. The highest BCUT2D eigenvalue weighted by atomic mass is 19.1. The van der Waals surface area contributed by atoms with Crippen LogP contribution in [0.25, 0.3) is 43.7 Å². The van der Waals surface area contributed by atoms with Crippen LogP contribution in [0.1, 0.15) is 38.5 Å². The monoisotopic (exact) mass is 574 g/mol. The Morgan fingerprint density at radius 2 is 1.56 bits per heavy atom. The summed E-state index contributed by atoms with van der Waals surface area (Å²) in [5, 5.41) is 8.39. The summed E-state index contributed by atoms with van der Waals surface area (Å²) in [6.07, 6.45) is 8.73. The van der Waals surface area contributed by atoms with Crippen molar-refractivity contribution in [1.29, 1.82) is 0 Å². The summed E-state index contributed by atoms with van der Waals surface area (Å²) in [5.41, 5.74) is 1.44. The number of rotatable bonds is 5. The molecule has 0 spiro atoms. The van der Waals surface area contributed by atoms with Gasteiger partial charge < -0.3 is 15.0 Å². The summed E-state index contributed by atoms with van der Waals surface area (Å²) in [6, 6.07) is 19.5. The van der Waals surface area contributed by atoms with Crippen LogP contribution in [0.15, 0.2) is 60.8 Å². The molecular weight excluding hydrogens is 539 g/mol. The lowest BCUT2D eigenvalue weighted by Crippen LogP contribution is -2.51. The minimum Gasteiger partial charge on any atom is -0.461 e. The molecule has 218 valence electrons. The minimum absolute atomic E-state index is 0.0520. The van der Waals surface area contributed by atoms with Crippen LogP contribution >= 0.6 is 0 Å². The van der Waals surface area contributed by atoms with E-state index >= 15 is 4.39 Å². The van der Waals surface area contributed by atoms with Crippen LogP contribution in [-0.4, -0.2) is 70.3 Å². The lowest BCUT2D eigenvalue weighted by molar-refractivity contribution is 0.108. The molecule has 0 saturated carbocycles. The molecule has 2 atom stereocenters. The predicted molar refractivity (Wildman–Crippen MR) is 168 cm³/mol. The highest BCUT2D eigenvalue weighted by Crippen LogP contribution is 2.41. The highest BCUT2D eigenvalue weighted by molar-refractivity contribution is 6.12. The van der Waals surface area contributed by atoms with Gasteiger partial charge in [-0.25, -0.2) is 4.39 Å². The van der Waals surface area contributed by atoms with E-state index < -0.39 is 5.82 Å². The number of anilines is 1. The van der Waals surface area contributed by atoms with E-state index in [0.717, 1.165) is 84.8 Å². The molecular formula is C35H35FN6O. The molecule has 3 aromatic carbocycles. The maximum Gasteiger partial charge on any atom is 0.319 e. The molecule has 2 bridgehead atoms. The number of hydrogen-bond donors (Lipinski definition) is 1. The SMILES string of the molecule is Fc1c(-c2c3ccccc3cc3ccccc23)ncc2c(N3CC4CCC(C3)N4)nc(OCC34CCCN3CCC4)nc12. The minimum atomic E-state index is -0.424. The summed E-state index contributed by atoms with van der Waals surface area (Å²) in [5.74, 6) is 0.304. The Labute approximate surface area is 250 Å². The second kappa shape index (κ2) is 9.82. The van der Waals surface area contributed by atoms with Crippen LogP contribution in [0.4, 0.5) is 10.2 Å². The van der Waals surface area contributed by atoms with Gasteiger partial charge in [0.05, 0.1) is 10.9 Å². The fraction of sp³-hybridized carbons (Fsp3) is 0.400. The molecule has 6 heterocycles. The molecule has 5 aromatic rings. The van der Waals surface area contributed by atoms with E-state index in [0.29, 0.717) is 29.8 Å². The second-order valence-electron chi connectivity index (χ2n) is 13.0. The standard InChI is InChI=1S/C35H35FN6O/c36-30-31-28(18-37-32(30)29-26-9-3-1-7-22(26)17-23-8-2-4-10-27(23)29)33(41-19-24-11-12-25(20-41)38-24)40-34(39-31)43-21-35-13-5-15-42(35)16-6-14-35/h1-4,7-10,17-18,24-25,38H,5-6,11-16,19-21H2. The van der Waals surface area contributed by atoms with Gasteiger partial charge in [-0.3, -0.25) is 9.88 Å². The number of nitrogens with zero attached hydrogens (tertiary/aromatic N) is 5. The van der Waals surface area contributed by atoms with Gasteiger partial charge in [-0.05, 0) is 79.2 Å². The first-order chi connectivity index (χ1) is 21.1. The largest absolute Gasteiger partial charge is 0.461 e. The molecule has 4 aliphatic rings. The number of ether oxygens (including phenoxy) is 1. The molecule has 2 unspecified atom stereocenters. The molecule has 2 aromatic heterocycles. The molecule has 1 N–H and O–H groups in total. The van der Waals surface area contributed by atoms with Crippen molar-refractivity contribution in [3.63, 3.8) is 0 Å². The van der Waals surface area contributed by atoms with Crippen molar-refractivity contribution < 1.29 is 9.13 Å². The molecule has 4 aliphatic heterocycles. The van der Waals surface area contributed by atoms with Gasteiger partial charge in [0.2, 0.25) is 0 Å². The molecule has 4 saturated heterocycles. The Morgan fingerprint density at radius 1 is 0.884 bits per heavy atom. The van der Waals surface area contributed by atoms with Crippen molar-refractivity contribution in [2.45, 2.75) is 56.1 Å². The van der Waals surface area contributed by atoms with Gasteiger partial charge in [0.15, 0.2) is 5.82 Å². The van der Waals surface area contributed by atoms with E-state index in [4.69, 9.17) is 19.7 Å². The molecule has 9 rings (SSSR count). The third-order valence-electron chi connectivity index (χ3n) is 10.4. The first-order valence-corrected chi connectivity index (χ1v) is 15.8. The van der Waals surface area contributed by atoms with Gasteiger partial charge in [-0.15, -0.1) is 0 Å². The van der Waals surface area contributed by atoms with Crippen LogP contribution in [0.2, 0.25) is 0 Å². The Kier molecular flexibility index (Phi) is 5.85. The fourth-order valence-electron chi connectivity index (χ4n) is 8.40. The van der Waals surface area contributed by atoms with Crippen LogP contribution in [0, 0.1) is 5.82 Å². The van der Waals surface area contributed by atoms with Crippen molar-refractivity contribution >= 4 is 38.3 Å². The van der Waals surface area contributed by atoms with Crippen LogP contribution < -0.4 is 15.0 Å². The maximum absolute atomic E-state index is 17.0. The van der Waals surface area contributed by atoms with Gasteiger partial charge in [0.1, 0.15) is 23.6 Å². The van der Waals surface area contributed by atoms with Crippen molar-refractivity contribution in [1.82, 2.24) is 25.2 Å². The fourth-order valence-corrected chi connectivity index (χ4v) is 8.40. The lowest BCUT2D eigenvalue weighted by Gasteiger charge is -2.34. The van der Waals surface area contributed by atoms with E-state index in [1.807, 2.05) is 36.4 Å². The van der Waals surface area contributed by atoms with Crippen molar-refractivity contribution in [3.05, 3.63) is 66.6 Å². The van der Waals surface area contributed by atoms with Gasteiger partial charge in [0, 0.05) is 36.9 Å². The molecule has 7 nitrogen and oxygen atoms in total. The lowest BCUT2D eigenvalue weighted by atomic mass is 9.94. The first-order valence-electron chi connectivity index (χ1n) is 15.8. The number of fused-ring (bicyclic) bond motifs is 6. The number of nitrogens with one attached hydrogen (secondary N) is 1. The van der Waals surface area contributed by atoms with Crippen LogP contribution in [0.5, 0.6) is 6.01 Å². The van der Waals surface area contributed by atoms with Crippen LogP contribution in [0.3, 0.4) is 0 Å². The average Bonchev–Trinajstić information content (AvgIpc) is 3.72. The number of hydrogen-bond acceptors (Lipinski definition) is 7. The van der Waals surface area contributed by atoms with Gasteiger partial charge >= 0.3 is 6.01 Å². The Morgan fingerprint density at radius 3 is 2.26 bits per heavy atom. The molecule has 4 fully saturated rings. The van der Waals surface area contributed by atoms with Crippen molar-refractivity contribution in [3.8, 4) is 17.3 Å². The average molecular weight is 575 g/mol. The van der Waals surface area contributed by atoms with E-state index in [1.165, 1.54) is 12.8 Å². The van der Waals surface area contributed by atoms with E-state index in [1.54, 1.807) is 6.20 Å². The van der Waals surface area contributed by atoms with E-state index in [-0.39, 0.29) is 17.1 Å². The first kappa shape index (κ1) is 25.6. The number of halogens is 1. The zero-order valence-electron chi connectivity index (χ0n) is 24.2. The molecule has 0 aliphatic carbocycles. The summed E-state index contributed by atoms with van der Waals surface area (Å²) < 4.78 is 23.5. The predicted octanol–water partition coefficient (Wildman–Crippen LogP) is 6.09. The van der Waals surface area contributed by atoms with Gasteiger partial charge in [0.25, 0.3) is 0 Å². The normalized spacial score (nSPS) is 23.0. The second-order valence-corrected chi connectivity index (χ2v) is 13.0. The summed E-state index contributed by atoms with van der Waals surface area (Å²) in [7, 11) is 0. The van der Waals surface area contributed by atoms with E-state index in [2.05, 4.69) is 33.3 Å². The third kappa shape index (κ3) is 4.10. The molecule has 8 heteroatoms. The highest BCUT2D eigenvalue weighted by Gasteiger charge is 2.45. The summed E-state index contributed by atoms with van der Waals surface area (Å²) >= 11 is 0. The molecule has 43 heavy (non-hydrogen) atoms. The zero-order valence-corrected chi connectivity index (χ0v) is 24.2. The third-order valence-corrected chi connectivity index (χ3v) is 10.4. The van der Waals surface area contributed by atoms with Gasteiger partial charge in [-0.2, -0.15) is 9.97 Å².